The predicted octanol–water partition coefficient (Wildman–Crippen LogP) is 1.30. The lowest BCUT2D eigenvalue weighted by Gasteiger charge is -2.24. The first kappa shape index (κ1) is 14.1. The Bertz CT molecular complexity index is 286. The van der Waals surface area contributed by atoms with Gasteiger partial charge < -0.3 is 10.6 Å². The Balaban J connectivity index is 2.59. The van der Waals surface area contributed by atoms with Gasteiger partial charge in [0.05, 0.1) is 0 Å². The number of alkyl halides is 5. The second-order valence-corrected chi connectivity index (χ2v) is 4.09. The van der Waals surface area contributed by atoms with Crippen molar-refractivity contribution in [1.82, 2.24) is 10.6 Å². The molecule has 0 radical (unpaired) electrons. The van der Waals surface area contributed by atoms with Crippen LogP contribution in [-0.4, -0.2) is 37.1 Å². The van der Waals surface area contributed by atoms with Crippen LogP contribution < -0.4 is 10.6 Å². The molecule has 1 amide bonds. The zero-order valence-electron chi connectivity index (χ0n) is 9.07. The quantitative estimate of drug-likeness (QED) is 0.751. The van der Waals surface area contributed by atoms with Gasteiger partial charge in [0.25, 0.3) is 0 Å². The number of hydrogen-bond acceptors (Lipinski definition) is 2. The standard InChI is InChI=1S/C9H13F5N2O/c1-5(6-2-3-15-4-6)16-7(17)8(10,11)9(12,13)14/h5-6,15H,2-4H2,1H3,(H,16,17). The van der Waals surface area contributed by atoms with Gasteiger partial charge in [-0.25, -0.2) is 0 Å². The highest BCUT2D eigenvalue weighted by Crippen LogP contribution is 2.35. The normalized spacial score (nSPS) is 23.5. The van der Waals surface area contributed by atoms with Crippen molar-refractivity contribution < 1.29 is 26.7 Å². The molecule has 0 aromatic heterocycles. The Morgan fingerprint density at radius 3 is 2.35 bits per heavy atom. The molecular weight excluding hydrogens is 247 g/mol. The van der Waals surface area contributed by atoms with Gasteiger partial charge in [0.1, 0.15) is 0 Å². The first-order valence-electron chi connectivity index (χ1n) is 5.12. The van der Waals surface area contributed by atoms with Crippen LogP contribution in [0.25, 0.3) is 0 Å². The van der Waals surface area contributed by atoms with Crippen LogP contribution in [0, 0.1) is 5.92 Å². The number of nitrogens with one attached hydrogen (secondary N) is 2. The molecule has 17 heavy (non-hydrogen) atoms. The van der Waals surface area contributed by atoms with Crippen molar-refractivity contribution in [2.24, 2.45) is 5.92 Å². The van der Waals surface area contributed by atoms with Crippen molar-refractivity contribution in [3.8, 4) is 0 Å². The van der Waals surface area contributed by atoms with E-state index in [4.69, 9.17) is 0 Å². The highest BCUT2D eigenvalue weighted by molar-refractivity contribution is 5.84. The average molecular weight is 260 g/mol. The van der Waals surface area contributed by atoms with Crippen molar-refractivity contribution in [1.29, 1.82) is 0 Å². The van der Waals surface area contributed by atoms with Gasteiger partial charge in [-0.3, -0.25) is 4.79 Å². The van der Waals surface area contributed by atoms with Crippen molar-refractivity contribution in [3.05, 3.63) is 0 Å². The minimum absolute atomic E-state index is 0.122. The molecule has 0 aliphatic carbocycles. The van der Waals surface area contributed by atoms with Crippen LogP contribution in [0.15, 0.2) is 0 Å². The third-order valence-electron chi connectivity index (χ3n) is 2.81. The molecule has 0 bridgehead atoms. The summed E-state index contributed by atoms with van der Waals surface area (Å²) < 4.78 is 60.9. The van der Waals surface area contributed by atoms with Crippen LogP contribution >= 0.6 is 0 Å². The van der Waals surface area contributed by atoms with Crippen molar-refractivity contribution >= 4 is 5.91 Å². The number of halogens is 5. The minimum atomic E-state index is -5.86. The lowest BCUT2D eigenvalue weighted by atomic mass is 10.0. The smallest absolute Gasteiger partial charge is 0.348 e. The second kappa shape index (κ2) is 4.75. The third-order valence-corrected chi connectivity index (χ3v) is 2.81. The first-order valence-corrected chi connectivity index (χ1v) is 5.12. The highest BCUT2D eigenvalue weighted by Gasteiger charge is 2.63. The van der Waals surface area contributed by atoms with Gasteiger partial charge in [-0.15, -0.1) is 0 Å². The van der Waals surface area contributed by atoms with Crippen LogP contribution in [0.4, 0.5) is 22.0 Å². The van der Waals surface area contributed by atoms with E-state index in [0.717, 1.165) is 0 Å². The molecule has 1 heterocycles. The van der Waals surface area contributed by atoms with Crippen molar-refractivity contribution in [3.63, 3.8) is 0 Å². The average Bonchev–Trinajstić information content (AvgIpc) is 2.68. The molecule has 8 heteroatoms. The maximum Gasteiger partial charge on any atom is 0.463 e. The minimum Gasteiger partial charge on any atom is -0.348 e. The van der Waals surface area contributed by atoms with Crippen LogP contribution in [0.1, 0.15) is 13.3 Å². The molecule has 0 saturated carbocycles. The zero-order valence-corrected chi connectivity index (χ0v) is 9.07. The van der Waals surface area contributed by atoms with Crippen molar-refractivity contribution in [2.45, 2.75) is 31.5 Å². The van der Waals surface area contributed by atoms with E-state index in [1.54, 1.807) is 5.32 Å². The summed E-state index contributed by atoms with van der Waals surface area (Å²) in [6, 6.07) is -0.717. The van der Waals surface area contributed by atoms with Gasteiger partial charge in [0.2, 0.25) is 0 Å². The monoisotopic (exact) mass is 260 g/mol. The molecule has 1 saturated heterocycles. The second-order valence-electron chi connectivity index (χ2n) is 4.09. The molecule has 1 rings (SSSR count). The SMILES string of the molecule is CC(NC(=O)C(F)(F)C(F)(F)F)C1CCNC1. The summed E-state index contributed by atoms with van der Waals surface area (Å²) in [5, 5.41) is 4.65. The topological polar surface area (TPSA) is 41.1 Å². The van der Waals surface area contributed by atoms with Gasteiger partial charge in [0, 0.05) is 6.04 Å². The Morgan fingerprint density at radius 1 is 1.35 bits per heavy atom. The van der Waals surface area contributed by atoms with Crippen LogP contribution in [0.3, 0.4) is 0 Å². The maximum atomic E-state index is 12.6. The third kappa shape index (κ3) is 3.05. The fraction of sp³-hybridized carbons (Fsp3) is 0.889. The van der Waals surface area contributed by atoms with Gasteiger partial charge in [-0.05, 0) is 32.4 Å². The molecule has 0 aromatic carbocycles. The maximum absolute atomic E-state index is 12.6. The Hall–Kier alpha value is -0.920. The highest BCUT2D eigenvalue weighted by atomic mass is 19.4. The summed E-state index contributed by atoms with van der Waals surface area (Å²) >= 11 is 0. The summed E-state index contributed by atoms with van der Waals surface area (Å²) in [5.41, 5.74) is 0. The van der Waals surface area contributed by atoms with E-state index in [-0.39, 0.29) is 5.92 Å². The van der Waals surface area contributed by atoms with E-state index in [0.29, 0.717) is 19.5 Å². The number of hydrogen-bond donors (Lipinski definition) is 2. The number of amides is 1. The van der Waals surface area contributed by atoms with Gasteiger partial charge in [-0.2, -0.15) is 22.0 Å². The fourth-order valence-corrected chi connectivity index (χ4v) is 1.65. The van der Waals surface area contributed by atoms with Gasteiger partial charge in [0.15, 0.2) is 0 Å². The van der Waals surface area contributed by atoms with E-state index >= 15 is 0 Å². The van der Waals surface area contributed by atoms with E-state index < -0.39 is 24.0 Å². The van der Waals surface area contributed by atoms with E-state index in [1.807, 2.05) is 0 Å². The molecule has 100 valence electrons. The fourth-order valence-electron chi connectivity index (χ4n) is 1.65. The molecule has 1 aliphatic heterocycles. The molecule has 1 aliphatic rings. The van der Waals surface area contributed by atoms with Gasteiger partial charge in [-0.1, -0.05) is 0 Å². The molecule has 2 unspecified atom stereocenters. The molecule has 3 nitrogen and oxygen atoms in total. The number of rotatable bonds is 3. The number of carbonyl (C=O) groups excluding carboxylic acids is 1. The van der Waals surface area contributed by atoms with Crippen LogP contribution in [0.5, 0.6) is 0 Å². The lowest BCUT2D eigenvalue weighted by Crippen LogP contribution is -2.53. The summed E-state index contributed by atoms with van der Waals surface area (Å²) in [5.74, 6) is -7.75. The summed E-state index contributed by atoms with van der Waals surface area (Å²) in [6.07, 6.45) is -5.22. The predicted molar refractivity (Wildman–Crippen MR) is 49.6 cm³/mol. The summed E-state index contributed by atoms with van der Waals surface area (Å²) in [6.45, 7) is 2.58. The van der Waals surface area contributed by atoms with Gasteiger partial charge >= 0.3 is 18.0 Å². The van der Waals surface area contributed by atoms with E-state index in [2.05, 4.69) is 5.32 Å². The molecule has 0 spiro atoms. The van der Waals surface area contributed by atoms with Crippen molar-refractivity contribution in [2.75, 3.05) is 13.1 Å². The van der Waals surface area contributed by atoms with Crippen LogP contribution in [0.2, 0.25) is 0 Å². The zero-order chi connectivity index (χ0) is 13.3. The summed E-state index contributed by atoms with van der Waals surface area (Å²) in [4.78, 5) is 10.9. The Morgan fingerprint density at radius 2 is 1.94 bits per heavy atom. The lowest BCUT2D eigenvalue weighted by molar-refractivity contribution is -0.270. The van der Waals surface area contributed by atoms with Crippen LogP contribution in [-0.2, 0) is 4.79 Å². The molecule has 1 fully saturated rings. The van der Waals surface area contributed by atoms with E-state index in [1.165, 1.54) is 6.92 Å². The largest absolute Gasteiger partial charge is 0.463 e. The molecule has 2 N–H and O–H groups in total. The van der Waals surface area contributed by atoms with E-state index in [9.17, 15) is 26.7 Å². The first-order chi connectivity index (χ1) is 7.66. The Kier molecular flexibility index (Phi) is 3.95. The molecule has 2 atom stereocenters. The summed E-state index contributed by atoms with van der Waals surface area (Å²) in [7, 11) is 0. The molecule has 0 aromatic rings. The molecular formula is C9H13F5N2O. The Labute approximate surface area is 94.7 Å². The number of carbonyl (C=O) groups is 1.